The van der Waals surface area contributed by atoms with E-state index in [1.807, 2.05) is 30.5 Å². The minimum absolute atomic E-state index is 0.293. The van der Waals surface area contributed by atoms with Gasteiger partial charge in [0.2, 0.25) is 17.7 Å². The summed E-state index contributed by atoms with van der Waals surface area (Å²) in [6.07, 6.45) is 4.81. The Morgan fingerprint density at radius 1 is 1.19 bits per heavy atom. The monoisotopic (exact) mass is 500 g/mol. The molecule has 2 aromatic rings. The molecule has 0 aliphatic carbocycles. The van der Waals surface area contributed by atoms with E-state index in [-0.39, 0.29) is 5.91 Å². The number of fused-ring (bicyclic) bond motifs is 1. The molecule has 0 radical (unpaired) electrons. The quantitative estimate of drug-likeness (QED) is 0.225. The number of hydrogen-bond donors (Lipinski definition) is 6. The summed E-state index contributed by atoms with van der Waals surface area (Å²) in [4.78, 5) is 54.9. The van der Waals surface area contributed by atoms with E-state index >= 15 is 0 Å². The third kappa shape index (κ3) is 6.61. The van der Waals surface area contributed by atoms with Crippen LogP contribution in [0.15, 0.2) is 30.5 Å². The van der Waals surface area contributed by atoms with Crippen molar-refractivity contribution in [3.8, 4) is 0 Å². The van der Waals surface area contributed by atoms with Crippen LogP contribution < -0.4 is 22.1 Å². The Kier molecular flexibility index (Phi) is 9.43. The van der Waals surface area contributed by atoms with Crippen molar-refractivity contribution in [2.75, 3.05) is 13.1 Å². The summed E-state index contributed by atoms with van der Waals surface area (Å²) in [5, 5.41) is 15.3. The Hall–Kier alpha value is -3.44. The van der Waals surface area contributed by atoms with Crippen molar-refractivity contribution in [2.45, 2.75) is 69.6 Å². The number of hydrogen-bond acceptors (Lipinski definition) is 6. The van der Waals surface area contributed by atoms with Crippen LogP contribution in [0.3, 0.4) is 0 Å². The van der Waals surface area contributed by atoms with Gasteiger partial charge in [-0.25, -0.2) is 0 Å². The zero-order chi connectivity index (χ0) is 26.2. The highest BCUT2D eigenvalue weighted by Gasteiger charge is 2.38. The van der Waals surface area contributed by atoms with Gasteiger partial charge in [0.05, 0.1) is 6.04 Å². The SMILES string of the molecule is CC(NC(=O)C1CCCN1C(=O)C(CCCCN)NC(=O)C(N)Cc1c[nH]c2ccccc12)C(=O)O. The summed E-state index contributed by atoms with van der Waals surface area (Å²) in [6.45, 7) is 2.17. The highest BCUT2D eigenvalue weighted by atomic mass is 16.4. The van der Waals surface area contributed by atoms with Crippen molar-refractivity contribution < 1.29 is 24.3 Å². The van der Waals surface area contributed by atoms with E-state index in [0.717, 1.165) is 16.5 Å². The lowest BCUT2D eigenvalue weighted by molar-refractivity contribution is -0.144. The number of unbranched alkanes of at least 4 members (excludes halogenated alkanes) is 1. The number of carbonyl (C=O) groups excluding carboxylic acids is 3. The number of nitrogens with two attached hydrogens (primary N) is 2. The summed E-state index contributed by atoms with van der Waals surface area (Å²) < 4.78 is 0. The number of nitrogens with one attached hydrogen (secondary N) is 3. The van der Waals surface area contributed by atoms with E-state index in [4.69, 9.17) is 16.6 Å². The van der Waals surface area contributed by atoms with Gasteiger partial charge in [0.1, 0.15) is 18.1 Å². The molecule has 1 saturated heterocycles. The van der Waals surface area contributed by atoms with Crippen LogP contribution in [-0.2, 0) is 25.6 Å². The molecule has 2 heterocycles. The third-order valence-electron chi connectivity index (χ3n) is 6.58. The van der Waals surface area contributed by atoms with E-state index in [0.29, 0.717) is 51.6 Å². The number of carboxylic acids is 1. The summed E-state index contributed by atoms with van der Waals surface area (Å²) >= 11 is 0. The predicted molar refractivity (Wildman–Crippen MR) is 135 cm³/mol. The van der Waals surface area contributed by atoms with Crippen LogP contribution in [-0.4, -0.2) is 75.9 Å². The summed E-state index contributed by atoms with van der Waals surface area (Å²) in [5.41, 5.74) is 13.7. The number of para-hydroxylation sites is 1. The summed E-state index contributed by atoms with van der Waals surface area (Å²) in [5.74, 6) is -2.50. The maximum atomic E-state index is 13.5. The fourth-order valence-corrected chi connectivity index (χ4v) is 4.53. The molecule has 1 aromatic carbocycles. The van der Waals surface area contributed by atoms with Gasteiger partial charge in [-0.15, -0.1) is 0 Å². The first-order valence-electron chi connectivity index (χ1n) is 12.4. The number of carbonyl (C=O) groups is 4. The average molecular weight is 501 g/mol. The van der Waals surface area contributed by atoms with Gasteiger partial charge in [-0.1, -0.05) is 18.2 Å². The Balaban J connectivity index is 1.69. The van der Waals surface area contributed by atoms with Gasteiger partial charge in [-0.3, -0.25) is 19.2 Å². The molecule has 11 nitrogen and oxygen atoms in total. The van der Waals surface area contributed by atoms with Crippen molar-refractivity contribution in [1.29, 1.82) is 0 Å². The maximum Gasteiger partial charge on any atom is 0.325 e. The number of carboxylic acid groups (broad SMARTS) is 1. The number of likely N-dealkylation sites (tertiary alicyclic amines) is 1. The molecular formula is C25H36N6O5. The second kappa shape index (κ2) is 12.5. The van der Waals surface area contributed by atoms with Crippen LogP contribution in [0.4, 0.5) is 0 Å². The molecule has 0 bridgehead atoms. The second-order valence-electron chi connectivity index (χ2n) is 9.27. The number of benzene rings is 1. The van der Waals surface area contributed by atoms with Gasteiger partial charge < -0.3 is 37.1 Å². The summed E-state index contributed by atoms with van der Waals surface area (Å²) in [6, 6.07) is 4.14. The molecule has 3 amide bonds. The van der Waals surface area contributed by atoms with Crippen LogP contribution in [0.25, 0.3) is 10.9 Å². The smallest absolute Gasteiger partial charge is 0.325 e. The fourth-order valence-electron chi connectivity index (χ4n) is 4.53. The first-order valence-corrected chi connectivity index (χ1v) is 12.4. The minimum atomic E-state index is -1.16. The van der Waals surface area contributed by atoms with Gasteiger partial charge in [-0.05, 0) is 63.6 Å². The average Bonchev–Trinajstić information content (AvgIpc) is 3.50. The number of aromatic amines is 1. The van der Waals surface area contributed by atoms with E-state index < -0.39 is 42.0 Å². The van der Waals surface area contributed by atoms with Crippen molar-refractivity contribution in [3.05, 3.63) is 36.0 Å². The van der Waals surface area contributed by atoms with Crippen LogP contribution in [0, 0.1) is 0 Å². The first kappa shape index (κ1) is 27.2. The second-order valence-corrected chi connectivity index (χ2v) is 9.27. The molecule has 0 saturated carbocycles. The molecule has 1 aliphatic rings. The number of aliphatic carboxylic acids is 1. The normalized spacial score (nSPS) is 18.0. The van der Waals surface area contributed by atoms with E-state index in [1.165, 1.54) is 11.8 Å². The fraction of sp³-hybridized carbons (Fsp3) is 0.520. The standard InChI is InChI=1S/C25H36N6O5/c1-15(25(35)36)29-23(33)21-10-6-12-31(21)24(34)20(9-4-5-11-26)30-22(32)18(27)13-16-14-28-19-8-3-2-7-17(16)19/h2-3,7-8,14-15,18,20-21,28H,4-6,9-13,26-27H2,1H3,(H,29,33)(H,30,32)(H,35,36). The lowest BCUT2D eigenvalue weighted by Gasteiger charge is -2.29. The van der Waals surface area contributed by atoms with Gasteiger partial charge in [0.25, 0.3) is 0 Å². The van der Waals surface area contributed by atoms with Gasteiger partial charge >= 0.3 is 5.97 Å². The number of amides is 3. The molecule has 4 atom stereocenters. The zero-order valence-electron chi connectivity index (χ0n) is 20.5. The molecule has 11 heteroatoms. The van der Waals surface area contributed by atoms with Crippen molar-refractivity contribution >= 4 is 34.6 Å². The van der Waals surface area contributed by atoms with Crippen LogP contribution in [0.2, 0.25) is 0 Å². The molecule has 1 fully saturated rings. The molecular weight excluding hydrogens is 464 g/mol. The molecule has 8 N–H and O–H groups in total. The Labute approximate surface area is 210 Å². The van der Waals surface area contributed by atoms with Gasteiger partial charge in [0.15, 0.2) is 0 Å². The number of rotatable bonds is 12. The minimum Gasteiger partial charge on any atom is -0.480 e. The number of aromatic nitrogens is 1. The lowest BCUT2D eigenvalue weighted by Crippen LogP contribution is -2.56. The molecule has 4 unspecified atom stereocenters. The largest absolute Gasteiger partial charge is 0.480 e. The Morgan fingerprint density at radius 3 is 2.67 bits per heavy atom. The molecule has 0 spiro atoms. The molecule has 3 rings (SSSR count). The maximum absolute atomic E-state index is 13.5. The van der Waals surface area contributed by atoms with Crippen LogP contribution in [0.1, 0.15) is 44.6 Å². The molecule has 1 aromatic heterocycles. The van der Waals surface area contributed by atoms with E-state index in [1.54, 1.807) is 0 Å². The van der Waals surface area contributed by atoms with Gasteiger partial charge in [-0.2, -0.15) is 0 Å². The Bertz CT molecular complexity index is 1090. The zero-order valence-corrected chi connectivity index (χ0v) is 20.5. The van der Waals surface area contributed by atoms with Crippen molar-refractivity contribution in [3.63, 3.8) is 0 Å². The molecule has 36 heavy (non-hydrogen) atoms. The van der Waals surface area contributed by atoms with E-state index in [2.05, 4.69) is 15.6 Å². The van der Waals surface area contributed by atoms with E-state index in [9.17, 15) is 19.2 Å². The molecule has 1 aliphatic heterocycles. The van der Waals surface area contributed by atoms with Crippen LogP contribution >= 0.6 is 0 Å². The highest BCUT2D eigenvalue weighted by Crippen LogP contribution is 2.21. The van der Waals surface area contributed by atoms with Gasteiger partial charge in [0, 0.05) is 23.6 Å². The first-order chi connectivity index (χ1) is 17.2. The molecule has 196 valence electrons. The number of nitrogens with zero attached hydrogens (tertiary/aromatic N) is 1. The van der Waals surface area contributed by atoms with Crippen molar-refractivity contribution in [1.82, 2.24) is 20.5 Å². The third-order valence-corrected chi connectivity index (χ3v) is 6.58. The van der Waals surface area contributed by atoms with Crippen molar-refractivity contribution in [2.24, 2.45) is 11.5 Å². The topological polar surface area (TPSA) is 184 Å². The number of H-pyrrole nitrogens is 1. The summed E-state index contributed by atoms with van der Waals surface area (Å²) in [7, 11) is 0. The van der Waals surface area contributed by atoms with Crippen LogP contribution in [0.5, 0.6) is 0 Å². The highest BCUT2D eigenvalue weighted by molar-refractivity contribution is 5.94. The predicted octanol–water partition coefficient (Wildman–Crippen LogP) is 0.232. The lowest BCUT2D eigenvalue weighted by atomic mass is 10.0. The Morgan fingerprint density at radius 2 is 1.94 bits per heavy atom.